The maximum atomic E-state index is 12.9. The molecule has 130 valence electrons. The lowest BCUT2D eigenvalue weighted by molar-refractivity contribution is 0.0730. The van der Waals surface area contributed by atoms with Crippen molar-refractivity contribution in [1.29, 1.82) is 0 Å². The Morgan fingerprint density at radius 2 is 1.88 bits per heavy atom. The van der Waals surface area contributed by atoms with E-state index in [4.69, 9.17) is 0 Å². The molecule has 3 aliphatic heterocycles. The number of piperidine rings is 1. The van der Waals surface area contributed by atoms with Crippen LogP contribution >= 0.6 is 0 Å². The van der Waals surface area contributed by atoms with Crippen LogP contribution in [0.4, 0.5) is 0 Å². The number of carbonyl (C=O) groups is 1. The molecule has 1 amide bonds. The molecule has 0 aliphatic carbocycles. The van der Waals surface area contributed by atoms with Crippen LogP contribution < -0.4 is 0 Å². The molecule has 0 spiro atoms. The summed E-state index contributed by atoms with van der Waals surface area (Å²) in [5.41, 5.74) is 2.83. The SMILES string of the molecule is Cc1cccc(C(=O)N2C[C@H]3CC[C@@H](C2)N(Cc2ccccc2)C3)n1. The van der Waals surface area contributed by atoms with Gasteiger partial charge in [0.2, 0.25) is 0 Å². The summed E-state index contributed by atoms with van der Waals surface area (Å²) in [6.45, 7) is 5.68. The molecule has 1 aromatic heterocycles. The Morgan fingerprint density at radius 3 is 2.68 bits per heavy atom. The number of carbonyl (C=O) groups excluding carboxylic acids is 1. The van der Waals surface area contributed by atoms with Crippen molar-refractivity contribution in [2.75, 3.05) is 19.6 Å². The van der Waals surface area contributed by atoms with Crippen LogP contribution in [0.15, 0.2) is 48.5 Å². The van der Waals surface area contributed by atoms with Crippen LogP contribution in [-0.2, 0) is 6.54 Å². The Balaban J connectivity index is 1.50. The quantitative estimate of drug-likeness (QED) is 0.865. The van der Waals surface area contributed by atoms with Crippen molar-refractivity contribution in [3.8, 4) is 0 Å². The summed E-state index contributed by atoms with van der Waals surface area (Å²) < 4.78 is 0. The highest BCUT2D eigenvalue weighted by molar-refractivity contribution is 5.92. The molecule has 0 unspecified atom stereocenters. The number of nitrogens with zero attached hydrogens (tertiary/aromatic N) is 3. The summed E-state index contributed by atoms with van der Waals surface area (Å²) in [5.74, 6) is 0.651. The van der Waals surface area contributed by atoms with Gasteiger partial charge in [0.05, 0.1) is 0 Å². The summed E-state index contributed by atoms with van der Waals surface area (Å²) in [6.07, 6.45) is 2.41. The Hall–Kier alpha value is -2.20. The summed E-state index contributed by atoms with van der Waals surface area (Å²) in [4.78, 5) is 22.0. The Kier molecular flexibility index (Phi) is 4.53. The topological polar surface area (TPSA) is 36.4 Å². The second-order valence-electron chi connectivity index (χ2n) is 7.39. The second-order valence-corrected chi connectivity index (χ2v) is 7.39. The van der Waals surface area contributed by atoms with Crippen molar-refractivity contribution in [3.63, 3.8) is 0 Å². The molecule has 0 saturated carbocycles. The van der Waals surface area contributed by atoms with E-state index >= 15 is 0 Å². The average molecular weight is 335 g/mol. The summed E-state index contributed by atoms with van der Waals surface area (Å²) >= 11 is 0. The monoisotopic (exact) mass is 335 g/mol. The molecule has 0 radical (unpaired) electrons. The van der Waals surface area contributed by atoms with Gasteiger partial charge in [-0.05, 0) is 43.4 Å². The molecule has 3 aliphatic rings. The number of hydrogen-bond donors (Lipinski definition) is 0. The molecule has 4 nitrogen and oxygen atoms in total. The first-order chi connectivity index (χ1) is 12.2. The van der Waals surface area contributed by atoms with Gasteiger partial charge >= 0.3 is 0 Å². The van der Waals surface area contributed by atoms with Gasteiger partial charge in [0.15, 0.2) is 0 Å². The third kappa shape index (κ3) is 3.59. The lowest BCUT2D eigenvalue weighted by atomic mass is 9.94. The Morgan fingerprint density at radius 1 is 1.04 bits per heavy atom. The fourth-order valence-corrected chi connectivity index (χ4v) is 4.18. The number of pyridine rings is 1. The summed E-state index contributed by atoms with van der Waals surface area (Å²) in [5, 5.41) is 0. The number of aryl methyl sites for hydroxylation is 1. The van der Waals surface area contributed by atoms with Gasteiger partial charge in [-0.25, -0.2) is 4.98 Å². The van der Waals surface area contributed by atoms with E-state index in [9.17, 15) is 4.79 Å². The van der Waals surface area contributed by atoms with Crippen LogP contribution in [0.2, 0.25) is 0 Å². The molecule has 25 heavy (non-hydrogen) atoms. The first-order valence-corrected chi connectivity index (χ1v) is 9.20. The number of fused-ring (bicyclic) bond motifs is 4. The van der Waals surface area contributed by atoms with Crippen LogP contribution in [0.5, 0.6) is 0 Å². The zero-order chi connectivity index (χ0) is 17.2. The van der Waals surface area contributed by atoms with Crippen LogP contribution in [0, 0.1) is 12.8 Å². The Bertz CT molecular complexity index is 746. The van der Waals surface area contributed by atoms with E-state index in [-0.39, 0.29) is 5.91 Å². The predicted octanol–water partition coefficient (Wildman–Crippen LogP) is 3.13. The van der Waals surface area contributed by atoms with Gasteiger partial charge < -0.3 is 4.90 Å². The first kappa shape index (κ1) is 16.3. The van der Waals surface area contributed by atoms with Crippen molar-refractivity contribution >= 4 is 5.91 Å². The minimum Gasteiger partial charge on any atom is -0.335 e. The number of amides is 1. The van der Waals surface area contributed by atoms with E-state index in [0.717, 1.165) is 31.9 Å². The third-order valence-electron chi connectivity index (χ3n) is 5.45. The highest BCUT2D eigenvalue weighted by Crippen LogP contribution is 2.29. The smallest absolute Gasteiger partial charge is 0.272 e. The minimum atomic E-state index is 0.0853. The van der Waals surface area contributed by atoms with Crippen LogP contribution in [-0.4, -0.2) is 46.4 Å². The van der Waals surface area contributed by atoms with Crippen LogP contribution in [0.3, 0.4) is 0 Å². The maximum Gasteiger partial charge on any atom is 0.272 e. The van der Waals surface area contributed by atoms with Crippen molar-refractivity contribution in [2.24, 2.45) is 5.92 Å². The van der Waals surface area contributed by atoms with Gasteiger partial charge in [-0.3, -0.25) is 9.69 Å². The first-order valence-electron chi connectivity index (χ1n) is 9.20. The highest BCUT2D eigenvalue weighted by Gasteiger charge is 2.36. The normalized spacial score (nSPS) is 23.5. The maximum absolute atomic E-state index is 12.9. The van der Waals surface area contributed by atoms with Crippen LogP contribution in [0.25, 0.3) is 0 Å². The number of aromatic nitrogens is 1. The molecule has 1 aromatic carbocycles. The molecule has 3 fully saturated rings. The molecule has 4 heterocycles. The molecular formula is C21H25N3O. The van der Waals surface area contributed by atoms with E-state index in [2.05, 4.69) is 40.2 Å². The second kappa shape index (κ2) is 6.96. The lowest BCUT2D eigenvalue weighted by Gasteiger charge is -2.36. The van der Waals surface area contributed by atoms with Crippen molar-refractivity contribution in [2.45, 2.75) is 32.4 Å². The van der Waals surface area contributed by atoms with E-state index in [1.807, 2.05) is 30.0 Å². The lowest BCUT2D eigenvalue weighted by Crippen LogP contribution is -2.44. The number of hydrogen-bond acceptors (Lipinski definition) is 3. The molecule has 2 bridgehead atoms. The molecule has 5 rings (SSSR count). The van der Waals surface area contributed by atoms with Crippen molar-refractivity contribution in [3.05, 3.63) is 65.5 Å². The van der Waals surface area contributed by atoms with Crippen molar-refractivity contribution in [1.82, 2.24) is 14.8 Å². The minimum absolute atomic E-state index is 0.0853. The van der Waals surface area contributed by atoms with E-state index in [1.54, 1.807) is 0 Å². The zero-order valence-corrected chi connectivity index (χ0v) is 14.8. The number of benzene rings is 1. The average Bonchev–Trinajstić information content (AvgIpc) is 2.94. The fourth-order valence-electron chi connectivity index (χ4n) is 4.18. The van der Waals surface area contributed by atoms with Gasteiger partial charge in [0.25, 0.3) is 5.91 Å². The largest absolute Gasteiger partial charge is 0.335 e. The molecule has 4 heteroatoms. The number of rotatable bonds is 3. The third-order valence-corrected chi connectivity index (χ3v) is 5.45. The molecule has 3 saturated heterocycles. The van der Waals surface area contributed by atoms with Crippen molar-refractivity contribution < 1.29 is 4.79 Å². The molecule has 2 atom stereocenters. The summed E-state index contributed by atoms with van der Waals surface area (Å²) in [7, 11) is 0. The highest BCUT2D eigenvalue weighted by atomic mass is 16.2. The van der Waals surface area contributed by atoms with Crippen LogP contribution in [0.1, 0.15) is 34.6 Å². The van der Waals surface area contributed by atoms with Gasteiger partial charge in [-0.2, -0.15) is 0 Å². The molecule has 2 aromatic rings. The molecule has 0 N–H and O–H groups in total. The van der Waals surface area contributed by atoms with Gasteiger partial charge in [0.1, 0.15) is 5.69 Å². The molecular weight excluding hydrogens is 310 g/mol. The predicted molar refractivity (Wildman–Crippen MR) is 98.2 cm³/mol. The van der Waals surface area contributed by atoms with Gasteiger partial charge in [-0.15, -0.1) is 0 Å². The summed E-state index contributed by atoms with van der Waals surface area (Å²) in [6, 6.07) is 16.8. The Labute approximate surface area is 149 Å². The fraction of sp³-hybridized carbons (Fsp3) is 0.429. The standard InChI is InChI=1S/C21H25N3O/c1-16-6-5-9-20(22-16)21(25)24-14-18-10-11-19(15-24)23(13-18)12-17-7-3-2-4-8-17/h2-9,18-19H,10-15H2,1H3/t18-,19-/m0/s1. The van der Waals surface area contributed by atoms with E-state index in [1.165, 1.54) is 18.4 Å². The van der Waals surface area contributed by atoms with Gasteiger partial charge in [0, 0.05) is 37.9 Å². The zero-order valence-electron chi connectivity index (χ0n) is 14.8. The van der Waals surface area contributed by atoms with E-state index in [0.29, 0.717) is 17.7 Å². The van der Waals surface area contributed by atoms with E-state index < -0.39 is 0 Å². The van der Waals surface area contributed by atoms with Gasteiger partial charge in [-0.1, -0.05) is 36.4 Å².